The van der Waals surface area contributed by atoms with Gasteiger partial charge in [-0.25, -0.2) is 0 Å². The van der Waals surface area contributed by atoms with Crippen molar-refractivity contribution in [2.75, 3.05) is 52.8 Å². The standard InChI is InChI=1S/C16H25N3O4.ClH/c1-12-5-6-13(18-15(20)10-17-7-8-22-4)14(9-12)23-11-16(21)19(2)3;/h5-6,9,17H,7-8,10-11H2,1-4H3,(H,18,20);1H. The van der Waals surface area contributed by atoms with Crippen molar-refractivity contribution in [3.8, 4) is 5.75 Å². The molecule has 0 atom stereocenters. The second-order valence-corrected chi connectivity index (χ2v) is 5.29. The number of hydrogen-bond donors (Lipinski definition) is 2. The van der Waals surface area contributed by atoms with E-state index < -0.39 is 0 Å². The summed E-state index contributed by atoms with van der Waals surface area (Å²) in [5.41, 5.74) is 1.52. The van der Waals surface area contributed by atoms with Gasteiger partial charge in [-0.1, -0.05) is 6.07 Å². The normalized spacial score (nSPS) is 9.83. The first-order valence-corrected chi connectivity index (χ1v) is 7.37. The summed E-state index contributed by atoms with van der Waals surface area (Å²) in [6.07, 6.45) is 0. The summed E-state index contributed by atoms with van der Waals surface area (Å²) >= 11 is 0. The largest absolute Gasteiger partial charge is 0.482 e. The summed E-state index contributed by atoms with van der Waals surface area (Å²) in [4.78, 5) is 25.0. The number of carbonyl (C=O) groups is 2. The van der Waals surface area contributed by atoms with Crippen LogP contribution in [-0.2, 0) is 14.3 Å². The number of aryl methyl sites for hydroxylation is 1. The van der Waals surface area contributed by atoms with Crippen molar-refractivity contribution >= 4 is 29.9 Å². The Bertz CT molecular complexity index is 538. The zero-order valence-electron chi connectivity index (χ0n) is 14.5. The van der Waals surface area contributed by atoms with E-state index in [4.69, 9.17) is 9.47 Å². The number of amides is 2. The van der Waals surface area contributed by atoms with Gasteiger partial charge < -0.3 is 25.0 Å². The number of hydrogen-bond acceptors (Lipinski definition) is 5. The van der Waals surface area contributed by atoms with Crippen LogP contribution < -0.4 is 15.4 Å². The highest BCUT2D eigenvalue weighted by atomic mass is 35.5. The molecule has 0 spiro atoms. The molecule has 24 heavy (non-hydrogen) atoms. The molecule has 8 heteroatoms. The van der Waals surface area contributed by atoms with Gasteiger partial charge in [0.15, 0.2) is 6.61 Å². The average Bonchev–Trinajstić information content (AvgIpc) is 2.51. The van der Waals surface area contributed by atoms with Gasteiger partial charge in [-0.15, -0.1) is 12.4 Å². The minimum atomic E-state index is -0.186. The predicted octanol–water partition coefficient (Wildman–Crippen LogP) is 1.06. The number of rotatable bonds is 9. The van der Waals surface area contributed by atoms with Crippen LogP contribution in [0.1, 0.15) is 5.56 Å². The SMILES string of the molecule is COCCNCC(=O)Nc1ccc(C)cc1OCC(=O)N(C)C.Cl. The molecule has 0 bridgehead atoms. The highest BCUT2D eigenvalue weighted by molar-refractivity contribution is 5.93. The molecule has 0 aromatic heterocycles. The van der Waals surface area contributed by atoms with E-state index in [1.807, 2.05) is 13.0 Å². The molecule has 0 radical (unpaired) electrons. The van der Waals surface area contributed by atoms with E-state index in [-0.39, 0.29) is 37.4 Å². The van der Waals surface area contributed by atoms with Gasteiger partial charge in [0.05, 0.1) is 18.8 Å². The second-order valence-electron chi connectivity index (χ2n) is 5.29. The number of carbonyl (C=O) groups excluding carboxylic acids is 2. The fourth-order valence-electron chi connectivity index (χ4n) is 1.69. The van der Waals surface area contributed by atoms with E-state index in [1.165, 1.54) is 4.90 Å². The van der Waals surface area contributed by atoms with Gasteiger partial charge in [-0.2, -0.15) is 0 Å². The minimum Gasteiger partial charge on any atom is -0.482 e. The number of methoxy groups -OCH3 is 1. The van der Waals surface area contributed by atoms with Crippen LogP contribution in [0.2, 0.25) is 0 Å². The second kappa shape index (κ2) is 11.7. The smallest absolute Gasteiger partial charge is 0.259 e. The zero-order chi connectivity index (χ0) is 17.2. The Balaban J connectivity index is 0.00000529. The molecule has 1 aromatic carbocycles. The number of ether oxygens (including phenoxy) is 2. The molecule has 0 unspecified atom stereocenters. The first-order valence-electron chi connectivity index (χ1n) is 7.37. The van der Waals surface area contributed by atoms with Crippen molar-refractivity contribution in [2.45, 2.75) is 6.92 Å². The van der Waals surface area contributed by atoms with E-state index in [2.05, 4.69) is 10.6 Å². The van der Waals surface area contributed by atoms with Crippen molar-refractivity contribution in [1.29, 1.82) is 0 Å². The van der Waals surface area contributed by atoms with Gasteiger partial charge in [0.2, 0.25) is 5.91 Å². The molecule has 1 aromatic rings. The first-order chi connectivity index (χ1) is 10.9. The van der Waals surface area contributed by atoms with Gasteiger partial charge >= 0.3 is 0 Å². The predicted molar refractivity (Wildman–Crippen MR) is 96.0 cm³/mol. The summed E-state index contributed by atoms with van der Waals surface area (Å²) in [7, 11) is 4.93. The van der Waals surface area contributed by atoms with Crippen molar-refractivity contribution in [2.24, 2.45) is 0 Å². The van der Waals surface area contributed by atoms with Crippen LogP contribution in [0.25, 0.3) is 0 Å². The highest BCUT2D eigenvalue weighted by Crippen LogP contribution is 2.25. The van der Waals surface area contributed by atoms with Crippen molar-refractivity contribution in [3.05, 3.63) is 23.8 Å². The van der Waals surface area contributed by atoms with Crippen molar-refractivity contribution < 1.29 is 19.1 Å². The molecule has 7 nitrogen and oxygen atoms in total. The van der Waals surface area contributed by atoms with Gasteiger partial charge in [-0.3, -0.25) is 9.59 Å². The van der Waals surface area contributed by atoms with E-state index in [0.29, 0.717) is 24.6 Å². The fourth-order valence-corrected chi connectivity index (χ4v) is 1.69. The molecular weight excluding hydrogens is 334 g/mol. The van der Waals surface area contributed by atoms with Crippen molar-refractivity contribution in [1.82, 2.24) is 10.2 Å². The lowest BCUT2D eigenvalue weighted by atomic mass is 10.2. The Morgan fingerprint density at radius 3 is 2.58 bits per heavy atom. The zero-order valence-corrected chi connectivity index (χ0v) is 15.4. The highest BCUT2D eigenvalue weighted by Gasteiger charge is 2.11. The van der Waals surface area contributed by atoms with E-state index in [1.54, 1.807) is 33.3 Å². The molecule has 0 saturated carbocycles. The Morgan fingerprint density at radius 2 is 1.96 bits per heavy atom. The summed E-state index contributed by atoms with van der Waals surface area (Å²) in [6, 6.07) is 5.42. The summed E-state index contributed by atoms with van der Waals surface area (Å²) in [6.45, 7) is 3.15. The van der Waals surface area contributed by atoms with Gasteiger partial charge in [-0.05, 0) is 24.6 Å². The number of halogens is 1. The van der Waals surface area contributed by atoms with E-state index in [0.717, 1.165) is 5.56 Å². The molecule has 0 aliphatic heterocycles. The maximum Gasteiger partial charge on any atom is 0.259 e. The van der Waals surface area contributed by atoms with Crippen LogP contribution in [0.4, 0.5) is 5.69 Å². The van der Waals surface area contributed by atoms with E-state index in [9.17, 15) is 9.59 Å². The van der Waals surface area contributed by atoms with Crippen LogP contribution in [0.15, 0.2) is 18.2 Å². The number of likely N-dealkylation sites (N-methyl/N-ethyl adjacent to an activating group) is 1. The fraction of sp³-hybridized carbons (Fsp3) is 0.500. The monoisotopic (exact) mass is 359 g/mol. The average molecular weight is 360 g/mol. The molecule has 0 aliphatic carbocycles. The van der Waals surface area contributed by atoms with E-state index >= 15 is 0 Å². The summed E-state index contributed by atoms with van der Waals surface area (Å²) in [5.74, 6) is 0.143. The molecular formula is C16H26ClN3O4. The topological polar surface area (TPSA) is 79.9 Å². The Kier molecular flexibility index (Phi) is 10.8. The Labute approximate surface area is 149 Å². The lowest BCUT2D eigenvalue weighted by Crippen LogP contribution is -2.30. The number of benzene rings is 1. The lowest BCUT2D eigenvalue weighted by Gasteiger charge is -2.15. The van der Waals surface area contributed by atoms with Crippen LogP contribution >= 0.6 is 12.4 Å². The molecule has 0 fully saturated rings. The molecule has 1 rings (SSSR count). The molecule has 2 N–H and O–H groups in total. The van der Waals surface area contributed by atoms with Gasteiger partial charge in [0.25, 0.3) is 5.91 Å². The summed E-state index contributed by atoms with van der Waals surface area (Å²) in [5, 5.41) is 5.74. The maximum atomic E-state index is 11.9. The first kappa shape index (κ1) is 22.2. The van der Waals surface area contributed by atoms with Crippen LogP contribution in [-0.4, -0.2) is 64.2 Å². The summed E-state index contributed by atoms with van der Waals surface area (Å²) < 4.78 is 10.4. The molecule has 0 saturated heterocycles. The number of nitrogens with one attached hydrogen (secondary N) is 2. The Hall–Kier alpha value is -1.83. The number of nitrogens with zero attached hydrogens (tertiary/aromatic N) is 1. The third kappa shape index (κ3) is 8.14. The molecule has 2 amide bonds. The quantitative estimate of drug-likeness (QED) is 0.644. The Morgan fingerprint density at radius 1 is 1.25 bits per heavy atom. The molecule has 0 heterocycles. The van der Waals surface area contributed by atoms with Gasteiger partial charge in [0.1, 0.15) is 5.75 Å². The third-order valence-corrected chi connectivity index (χ3v) is 3.03. The lowest BCUT2D eigenvalue weighted by molar-refractivity contribution is -0.130. The minimum absolute atomic E-state index is 0. The maximum absolute atomic E-state index is 11.9. The molecule has 136 valence electrons. The van der Waals surface area contributed by atoms with Crippen molar-refractivity contribution in [3.63, 3.8) is 0 Å². The van der Waals surface area contributed by atoms with Gasteiger partial charge in [0, 0.05) is 27.7 Å². The third-order valence-electron chi connectivity index (χ3n) is 3.03. The van der Waals surface area contributed by atoms with Crippen LogP contribution in [0.5, 0.6) is 5.75 Å². The molecule has 0 aliphatic rings. The number of anilines is 1. The van der Waals surface area contributed by atoms with Crippen LogP contribution in [0.3, 0.4) is 0 Å². The van der Waals surface area contributed by atoms with Crippen LogP contribution in [0, 0.1) is 6.92 Å².